The van der Waals surface area contributed by atoms with Crippen LogP contribution in [0, 0.1) is 18.8 Å². The quantitative estimate of drug-likeness (QED) is 0.256. The lowest BCUT2D eigenvalue weighted by Crippen LogP contribution is -2.61. The summed E-state index contributed by atoms with van der Waals surface area (Å²) in [4.78, 5) is 30.0. The van der Waals surface area contributed by atoms with Gasteiger partial charge >= 0.3 is 0 Å². The zero-order chi connectivity index (χ0) is 29.6. The van der Waals surface area contributed by atoms with E-state index in [4.69, 9.17) is 0 Å². The van der Waals surface area contributed by atoms with Gasteiger partial charge in [0.15, 0.2) is 0 Å². The molecule has 2 fully saturated rings. The molecule has 0 radical (unpaired) electrons. The molecule has 1 saturated heterocycles. The number of phenolic OH excluding ortho intramolecular Hbond substituents is 1. The van der Waals surface area contributed by atoms with Crippen LogP contribution in [0.15, 0.2) is 53.4 Å². The van der Waals surface area contributed by atoms with E-state index >= 15 is 0 Å². The van der Waals surface area contributed by atoms with E-state index < -0.39 is 23.7 Å². The first kappa shape index (κ1) is 31.3. The van der Waals surface area contributed by atoms with Gasteiger partial charge in [0.05, 0.1) is 30.3 Å². The number of nitrogens with zero attached hydrogens (tertiary/aromatic N) is 1. The number of likely N-dealkylation sites (tertiary alicyclic amines) is 1. The molecule has 1 aliphatic carbocycles. The number of benzene rings is 2. The molecule has 2 aliphatic rings. The van der Waals surface area contributed by atoms with Crippen LogP contribution in [-0.4, -0.2) is 81.2 Å². The summed E-state index contributed by atoms with van der Waals surface area (Å²) in [5, 5.41) is 37.6. The number of phenols is 1. The molecule has 224 valence electrons. The van der Waals surface area contributed by atoms with Crippen LogP contribution < -0.4 is 10.6 Å². The van der Waals surface area contributed by atoms with Crippen molar-refractivity contribution in [2.45, 2.75) is 81.5 Å². The molecule has 4 rings (SSSR count). The fourth-order valence-electron chi connectivity index (χ4n) is 6.07. The second-order valence-electron chi connectivity index (χ2n) is 12.3. The van der Waals surface area contributed by atoms with Gasteiger partial charge in [-0.2, -0.15) is 0 Å². The van der Waals surface area contributed by atoms with E-state index in [1.54, 1.807) is 50.7 Å². The maximum Gasteiger partial charge on any atom is 0.252 e. The molecule has 1 heterocycles. The lowest BCUT2D eigenvalue weighted by Gasteiger charge is -2.47. The molecule has 1 saturated carbocycles. The van der Waals surface area contributed by atoms with Gasteiger partial charge in [0.1, 0.15) is 5.75 Å². The third-order valence-corrected chi connectivity index (χ3v) is 9.72. The van der Waals surface area contributed by atoms with Crippen LogP contribution in [0.1, 0.15) is 61.9 Å². The molecule has 2 amide bonds. The highest BCUT2D eigenvalue weighted by Gasteiger charge is 2.42. The second kappa shape index (κ2) is 14.1. The van der Waals surface area contributed by atoms with Crippen molar-refractivity contribution >= 4 is 23.6 Å². The summed E-state index contributed by atoms with van der Waals surface area (Å²) >= 11 is 1.55. The minimum Gasteiger partial charge on any atom is -0.508 e. The molecule has 5 atom stereocenters. The van der Waals surface area contributed by atoms with Crippen LogP contribution in [0.2, 0.25) is 0 Å². The van der Waals surface area contributed by atoms with Gasteiger partial charge in [-0.05, 0) is 69.7 Å². The number of β-amino-alcohol motifs (C(OH)–C–C–N with tert-alkyl or cyclic N) is 1. The van der Waals surface area contributed by atoms with Crippen molar-refractivity contribution in [3.63, 3.8) is 0 Å². The first-order valence-corrected chi connectivity index (χ1v) is 15.7. The van der Waals surface area contributed by atoms with E-state index in [1.165, 1.54) is 12.8 Å². The summed E-state index contributed by atoms with van der Waals surface area (Å²) in [6.07, 6.45) is 4.39. The number of fused-ring (bicyclic) bond motifs is 1. The van der Waals surface area contributed by atoms with Gasteiger partial charge in [-0.3, -0.25) is 14.5 Å². The standard InChI is InChI=1S/C32H45N3O5S/c1-21-25(14-9-15-28(21)37)30(39)33-26(19-41-24-12-5-4-6-13-24)29(38)18-35-17-23-11-8-7-10-22(23)16-27(35)31(40)34-32(2,3)20-36/h4-6,9,12-15,22-23,26-27,29,36-38H,7-8,10-11,16-20H2,1-3H3,(H,33,39)(H,34,40). The molecular formula is C32H45N3O5S. The Morgan fingerprint density at radius 3 is 2.49 bits per heavy atom. The smallest absolute Gasteiger partial charge is 0.252 e. The number of hydrogen-bond donors (Lipinski definition) is 5. The van der Waals surface area contributed by atoms with E-state index in [9.17, 15) is 24.9 Å². The van der Waals surface area contributed by atoms with Crippen molar-refractivity contribution in [3.05, 3.63) is 59.7 Å². The van der Waals surface area contributed by atoms with Gasteiger partial charge < -0.3 is 26.0 Å². The molecular weight excluding hydrogens is 538 g/mol. The third kappa shape index (κ3) is 8.25. The summed E-state index contributed by atoms with van der Waals surface area (Å²) in [6.45, 7) is 6.08. The van der Waals surface area contributed by atoms with Gasteiger partial charge in [0.25, 0.3) is 5.91 Å². The number of hydrogen-bond acceptors (Lipinski definition) is 7. The van der Waals surface area contributed by atoms with Crippen LogP contribution in [0.4, 0.5) is 0 Å². The van der Waals surface area contributed by atoms with E-state index in [2.05, 4.69) is 15.5 Å². The van der Waals surface area contributed by atoms with Crippen molar-refractivity contribution in [3.8, 4) is 5.75 Å². The molecule has 41 heavy (non-hydrogen) atoms. The van der Waals surface area contributed by atoms with Gasteiger partial charge in [-0.25, -0.2) is 0 Å². The Bertz CT molecular complexity index is 1180. The number of aliphatic hydroxyl groups excluding tert-OH is 2. The molecule has 0 aromatic heterocycles. The third-order valence-electron chi connectivity index (χ3n) is 8.59. The summed E-state index contributed by atoms with van der Waals surface area (Å²) in [7, 11) is 0. The van der Waals surface area contributed by atoms with Gasteiger partial charge in [-0.15, -0.1) is 11.8 Å². The predicted octanol–water partition coefficient (Wildman–Crippen LogP) is 3.72. The van der Waals surface area contributed by atoms with Crippen molar-refractivity contribution < 1.29 is 24.9 Å². The molecule has 0 bridgehead atoms. The monoisotopic (exact) mass is 583 g/mol. The molecule has 5 unspecified atom stereocenters. The zero-order valence-electron chi connectivity index (χ0n) is 24.4. The van der Waals surface area contributed by atoms with Crippen molar-refractivity contribution in [2.75, 3.05) is 25.4 Å². The number of carbonyl (C=O) groups excluding carboxylic acids is 2. The summed E-state index contributed by atoms with van der Waals surface area (Å²) in [5.41, 5.74) is 0.0992. The van der Waals surface area contributed by atoms with Gasteiger partial charge in [-0.1, -0.05) is 43.5 Å². The SMILES string of the molecule is Cc1c(O)cccc1C(=O)NC(CSc1ccccc1)C(O)CN1CC2CCCCC2CC1C(=O)NC(C)(C)CO. The fraction of sp³-hybridized carbons (Fsp3) is 0.562. The number of amides is 2. The molecule has 1 aliphatic heterocycles. The minimum absolute atomic E-state index is 0.0448. The lowest BCUT2D eigenvalue weighted by molar-refractivity contribution is -0.133. The topological polar surface area (TPSA) is 122 Å². The second-order valence-corrected chi connectivity index (χ2v) is 13.4. The minimum atomic E-state index is -0.936. The van der Waals surface area contributed by atoms with Crippen molar-refractivity contribution in [1.82, 2.24) is 15.5 Å². The first-order valence-electron chi connectivity index (χ1n) is 14.7. The Kier molecular flexibility index (Phi) is 10.7. The molecule has 2 aromatic rings. The van der Waals surface area contributed by atoms with Crippen LogP contribution in [0.25, 0.3) is 0 Å². The van der Waals surface area contributed by atoms with Crippen molar-refractivity contribution in [2.24, 2.45) is 11.8 Å². The Balaban J connectivity index is 1.54. The van der Waals surface area contributed by atoms with Crippen LogP contribution in [0.5, 0.6) is 5.75 Å². The average Bonchev–Trinajstić information content (AvgIpc) is 2.96. The molecule has 8 nitrogen and oxygen atoms in total. The molecule has 0 spiro atoms. The normalized spacial score (nSPS) is 22.8. The molecule has 5 N–H and O–H groups in total. The molecule has 9 heteroatoms. The highest BCUT2D eigenvalue weighted by atomic mass is 32.2. The largest absolute Gasteiger partial charge is 0.508 e. The van der Waals surface area contributed by atoms with E-state index in [1.807, 2.05) is 30.3 Å². The number of carbonyl (C=O) groups is 2. The van der Waals surface area contributed by atoms with Crippen LogP contribution >= 0.6 is 11.8 Å². The Labute approximate surface area is 247 Å². The van der Waals surface area contributed by atoms with E-state index in [0.29, 0.717) is 28.7 Å². The van der Waals surface area contributed by atoms with E-state index in [0.717, 1.165) is 30.7 Å². The predicted molar refractivity (Wildman–Crippen MR) is 162 cm³/mol. The van der Waals surface area contributed by atoms with Crippen molar-refractivity contribution in [1.29, 1.82) is 0 Å². The highest BCUT2D eigenvalue weighted by molar-refractivity contribution is 7.99. The maximum atomic E-state index is 13.5. The number of piperidine rings is 1. The maximum absolute atomic E-state index is 13.5. The Hall–Kier alpha value is -2.59. The number of thioether (sulfide) groups is 1. The summed E-state index contributed by atoms with van der Waals surface area (Å²) in [6, 6.07) is 13.7. The molecule has 2 aromatic carbocycles. The lowest BCUT2D eigenvalue weighted by atomic mass is 9.72. The Morgan fingerprint density at radius 1 is 1.07 bits per heavy atom. The van der Waals surface area contributed by atoms with Crippen LogP contribution in [-0.2, 0) is 4.79 Å². The Morgan fingerprint density at radius 2 is 1.78 bits per heavy atom. The summed E-state index contributed by atoms with van der Waals surface area (Å²) in [5.74, 6) is 0.943. The number of nitrogens with one attached hydrogen (secondary N) is 2. The van der Waals surface area contributed by atoms with Gasteiger partial charge in [0, 0.05) is 34.9 Å². The number of aromatic hydroxyl groups is 1. The van der Waals surface area contributed by atoms with Crippen LogP contribution in [0.3, 0.4) is 0 Å². The first-order chi connectivity index (χ1) is 19.6. The zero-order valence-corrected chi connectivity index (χ0v) is 25.2. The van der Waals surface area contributed by atoms with E-state index in [-0.39, 0.29) is 30.7 Å². The summed E-state index contributed by atoms with van der Waals surface area (Å²) < 4.78 is 0. The fourth-order valence-corrected chi connectivity index (χ4v) is 7.09. The average molecular weight is 584 g/mol. The highest BCUT2D eigenvalue weighted by Crippen LogP contribution is 2.39. The van der Waals surface area contributed by atoms with Gasteiger partial charge in [0.2, 0.25) is 5.91 Å². The number of rotatable bonds is 11. The number of aliphatic hydroxyl groups is 2.